The van der Waals surface area contributed by atoms with E-state index >= 15 is 0 Å². The molecule has 94 valence electrons. The second-order valence-corrected chi connectivity index (χ2v) is 5.07. The lowest BCUT2D eigenvalue weighted by atomic mass is 10.1. The molecule has 1 aliphatic carbocycles. The third-order valence-electron chi connectivity index (χ3n) is 3.25. The molecule has 1 aromatic heterocycles. The van der Waals surface area contributed by atoms with Crippen molar-refractivity contribution in [3.63, 3.8) is 0 Å². The fraction of sp³-hybridized carbons (Fsp3) is 0.385. The summed E-state index contributed by atoms with van der Waals surface area (Å²) in [4.78, 5) is 0. The Labute approximate surface area is 110 Å². The van der Waals surface area contributed by atoms with Crippen molar-refractivity contribution in [2.24, 2.45) is 0 Å². The van der Waals surface area contributed by atoms with Crippen LogP contribution < -0.4 is 0 Å². The van der Waals surface area contributed by atoms with E-state index in [0.29, 0.717) is 11.9 Å². The lowest BCUT2D eigenvalue weighted by Crippen LogP contribution is -2.03. The summed E-state index contributed by atoms with van der Waals surface area (Å²) in [5, 5.41) is 18.3. The first-order valence-electron chi connectivity index (χ1n) is 6.02. The molecule has 0 atom stereocenters. The third-order valence-corrected chi connectivity index (χ3v) is 3.66. The number of halogens is 1. The maximum atomic E-state index is 9.30. The van der Waals surface area contributed by atoms with Crippen LogP contribution in [-0.2, 0) is 6.61 Å². The number of hydrogen-bond donors (Lipinski definition) is 1. The van der Waals surface area contributed by atoms with Gasteiger partial charge in [-0.25, -0.2) is 0 Å². The summed E-state index contributed by atoms with van der Waals surface area (Å²) in [5.41, 5.74) is 1.99. The zero-order valence-corrected chi connectivity index (χ0v) is 10.9. The van der Waals surface area contributed by atoms with Gasteiger partial charge in [0.2, 0.25) is 0 Å². The molecular formula is C13H14ClN3O. The highest BCUT2D eigenvalue weighted by molar-refractivity contribution is 6.31. The lowest BCUT2D eigenvalue weighted by molar-refractivity contribution is 0.265. The molecule has 1 fully saturated rings. The molecule has 3 rings (SSSR count). The van der Waals surface area contributed by atoms with Crippen LogP contribution in [0.3, 0.4) is 0 Å². The highest BCUT2D eigenvalue weighted by Gasteiger charge is 2.29. The van der Waals surface area contributed by atoms with Gasteiger partial charge in [0.15, 0.2) is 11.6 Å². The van der Waals surface area contributed by atoms with Crippen LogP contribution in [0.1, 0.15) is 30.3 Å². The average Bonchev–Trinajstić information content (AvgIpc) is 3.12. The molecule has 0 unspecified atom stereocenters. The third kappa shape index (κ3) is 1.91. The summed E-state index contributed by atoms with van der Waals surface area (Å²) >= 11 is 6.15. The van der Waals surface area contributed by atoms with E-state index in [-0.39, 0.29) is 6.61 Å². The first kappa shape index (κ1) is 11.7. The number of rotatable bonds is 3. The maximum Gasteiger partial charge on any atom is 0.164 e. The Hall–Kier alpha value is -1.39. The van der Waals surface area contributed by atoms with Gasteiger partial charge in [0.25, 0.3) is 0 Å². The molecule has 1 saturated carbocycles. The fourth-order valence-corrected chi connectivity index (χ4v) is 2.26. The molecule has 18 heavy (non-hydrogen) atoms. The summed E-state index contributed by atoms with van der Waals surface area (Å²) in [7, 11) is 0. The molecule has 0 bridgehead atoms. The van der Waals surface area contributed by atoms with Crippen molar-refractivity contribution in [1.29, 1.82) is 0 Å². The van der Waals surface area contributed by atoms with Crippen LogP contribution in [-0.4, -0.2) is 19.9 Å². The van der Waals surface area contributed by atoms with Gasteiger partial charge in [0.05, 0.1) is 0 Å². The van der Waals surface area contributed by atoms with Crippen LogP contribution in [0.4, 0.5) is 0 Å². The van der Waals surface area contributed by atoms with Crippen LogP contribution in [0.2, 0.25) is 5.02 Å². The van der Waals surface area contributed by atoms with E-state index in [2.05, 4.69) is 10.2 Å². The van der Waals surface area contributed by atoms with Crippen molar-refractivity contribution in [1.82, 2.24) is 14.8 Å². The van der Waals surface area contributed by atoms with Gasteiger partial charge < -0.3 is 9.67 Å². The second kappa shape index (κ2) is 4.37. The number of benzene rings is 1. The number of nitrogens with zero attached hydrogens (tertiary/aromatic N) is 3. The van der Waals surface area contributed by atoms with Crippen molar-refractivity contribution in [2.75, 3.05) is 0 Å². The number of aliphatic hydroxyl groups is 1. The van der Waals surface area contributed by atoms with E-state index in [0.717, 1.165) is 34.8 Å². The van der Waals surface area contributed by atoms with Crippen LogP contribution in [0.15, 0.2) is 18.2 Å². The second-order valence-electron chi connectivity index (χ2n) is 4.66. The number of hydrogen-bond acceptors (Lipinski definition) is 3. The minimum absolute atomic E-state index is 0.0803. The Morgan fingerprint density at radius 2 is 2.17 bits per heavy atom. The monoisotopic (exact) mass is 263 g/mol. The highest BCUT2D eigenvalue weighted by Crippen LogP contribution is 2.39. The minimum atomic E-state index is -0.0803. The molecule has 0 radical (unpaired) electrons. The highest BCUT2D eigenvalue weighted by atomic mass is 35.5. The molecule has 4 nitrogen and oxygen atoms in total. The summed E-state index contributed by atoms with van der Waals surface area (Å²) < 4.78 is 2.03. The minimum Gasteiger partial charge on any atom is -0.388 e. The molecule has 1 aliphatic rings. The number of aryl methyl sites for hydroxylation is 1. The zero-order valence-electron chi connectivity index (χ0n) is 10.1. The van der Waals surface area contributed by atoms with Crippen molar-refractivity contribution in [2.45, 2.75) is 32.4 Å². The molecule has 0 aliphatic heterocycles. The van der Waals surface area contributed by atoms with Gasteiger partial charge in [-0.2, -0.15) is 0 Å². The van der Waals surface area contributed by atoms with Crippen molar-refractivity contribution in [3.8, 4) is 11.4 Å². The smallest absolute Gasteiger partial charge is 0.164 e. The fourth-order valence-electron chi connectivity index (χ4n) is 2.08. The molecular weight excluding hydrogens is 250 g/mol. The van der Waals surface area contributed by atoms with Gasteiger partial charge in [-0.05, 0) is 31.4 Å². The first-order valence-corrected chi connectivity index (χ1v) is 6.39. The molecule has 1 heterocycles. The number of aromatic nitrogens is 3. The molecule has 2 aromatic rings. The summed E-state index contributed by atoms with van der Waals surface area (Å²) in [6.45, 7) is 1.89. The first-order chi connectivity index (χ1) is 8.70. The van der Waals surface area contributed by atoms with Gasteiger partial charge >= 0.3 is 0 Å². The zero-order chi connectivity index (χ0) is 12.7. The summed E-state index contributed by atoms with van der Waals surface area (Å²) in [6, 6.07) is 6.30. The molecule has 5 heteroatoms. The molecule has 0 saturated heterocycles. The van der Waals surface area contributed by atoms with E-state index < -0.39 is 0 Å². The van der Waals surface area contributed by atoms with E-state index in [1.807, 2.05) is 29.7 Å². The Morgan fingerprint density at radius 1 is 1.39 bits per heavy atom. The Bertz CT molecular complexity index is 590. The quantitative estimate of drug-likeness (QED) is 0.926. The van der Waals surface area contributed by atoms with Gasteiger partial charge in [-0.3, -0.25) is 0 Å². The Balaban J connectivity index is 2.10. The normalized spacial score (nSPS) is 15.1. The largest absolute Gasteiger partial charge is 0.388 e. The van der Waals surface area contributed by atoms with Gasteiger partial charge in [-0.15, -0.1) is 10.2 Å². The van der Waals surface area contributed by atoms with Crippen LogP contribution >= 0.6 is 11.6 Å². The standard InChI is InChI=1S/C13H14ClN3O/c1-8-2-3-9(6-11(8)14)13-16-15-12(7-18)17(13)10-4-5-10/h2-3,6,10,18H,4-5,7H2,1H3. The predicted molar refractivity (Wildman–Crippen MR) is 69.4 cm³/mol. The van der Waals surface area contributed by atoms with E-state index in [4.69, 9.17) is 11.6 Å². The van der Waals surface area contributed by atoms with Crippen LogP contribution in [0.5, 0.6) is 0 Å². The van der Waals surface area contributed by atoms with Crippen molar-refractivity contribution >= 4 is 11.6 Å². The SMILES string of the molecule is Cc1ccc(-c2nnc(CO)n2C2CC2)cc1Cl. The summed E-state index contributed by atoms with van der Waals surface area (Å²) in [6.07, 6.45) is 2.25. The Morgan fingerprint density at radius 3 is 2.78 bits per heavy atom. The van der Waals surface area contributed by atoms with E-state index in [9.17, 15) is 5.11 Å². The molecule has 1 N–H and O–H groups in total. The lowest BCUT2D eigenvalue weighted by Gasteiger charge is -2.08. The molecule has 1 aromatic carbocycles. The van der Waals surface area contributed by atoms with Crippen molar-refractivity contribution in [3.05, 3.63) is 34.6 Å². The molecule has 0 spiro atoms. The topological polar surface area (TPSA) is 50.9 Å². The van der Waals surface area contributed by atoms with Crippen LogP contribution in [0.25, 0.3) is 11.4 Å². The van der Waals surface area contributed by atoms with E-state index in [1.54, 1.807) is 0 Å². The van der Waals surface area contributed by atoms with E-state index in [1.165, 1.54) is 0 Å². The predicted octanol–water partition coefficient (Wildman–Crippen LogP) is 2.73. The van der Waals surface area contributed by atoms with Gasteiger partial charge in [0.1, 0.15) is 6.61 Å². The number of aliphatic hydroxyl groups excluding tert-OH is 1. The summed E-state index contributed by atoms with van der Waals surface area (Å²) in [5.74, 6) is 1.42. The van der Waals surface area contributed by atoms with Gasteiger partial charge in [0, 0.05) is 16.6 Å². The molecule has 0 amide bonds. The Kier molecular flexibility index (Phi) is 2.84. The maximum absolute atomic E-state index is 9.30. The van der Waals surface area contributed by atoms with Gasteiger partial charge in [-0.1, -0.05) is 23.7 Å². The van der Waals surface area contributed by atoms with Crippen LogP contribution in [0, 0.1) is 6.92 Å². The average molecular weight is 264 g/mol. The van der Waals surface area contributed by atoms with Crippen molar-refractivity contribution < 1.29 is 5.11 Å².